The second-order valence-corrected chi connectivity index (χ2v) is 7.74. The first-order valence-corrected chi connectivity index (χ1v) is 8.80. The van der Waals surface area contributed by atoms with Gasteiger partial charge in [0.1, 0.15) is 6.10 Å². The quantitative estimate of drug-likeness (QED) is 0.709. The minimum Gasteiger partial charge on any atom is -0.504 e. The number of aliphatic hydroxyl groups is 2. The lowest BCUT2D eigenvalue weighted by Gasteiger charge is -2.63. The van der Waals surface area contributed by atoms with E-state index in [0.717, 1.165) is 37.1 Å². The van der Waals surface area contributed by atoms with Gasteiger partial charge in [-0.2, -0.15) is 0 Å². The van der Waals surface area contributed by atoms with Crippen LogP contribution in [0.5, 0.6) is 11.5 Å². The highest BCUT2D eigenvalue weighted by molar-refractivity contribution is 5.62. The number of nitrogens with zero attached hydrogens (tertiary/aromatic N) is 1. The number of aromatic hydroxyl groups is 1. The molecule has 5 atom stereocenters. The van der Waals surface area contributed by atoms with Crippen LogP contribution in [0.15, 0.2) is 24.8 Å². The van der Waals surface area contributed by atoms with Crippen LogP contribution in [0.4, 0.5) is 0 Å². The lowest BCUT2D eigenvalue weighted by molar-refractivity contribution is -0.206. The fourth-order valence-electron chi connectivity index (χ4n) is 5.99. The summed E-state index contributed by atoms with van der Waals surface area (Å²) in [5.41, 5.74) is 0.518. The maximum Gasteiger partial charge on any atom is 0.165 e. The van der Waals surface area contributed by atoms with Crippen LogP contribution in [0.1, 0.15) is 30.4 Å². The number of phenolic OH excluding ortho intramolecular Hbond substituents is 1. The van der Waals surface area contributed by atoms with Crippen molar-refractivity contribution in [1.29, 1.82) is 0 Å². The largest absolute Gasteiger partial charge is 0.504 e. The molecule has 5 rings (SSSR count). The van der Waals surface area contributed by atoms with Gasteiger partial charge in [-0.15, -0.1) is 6.58 Å². The van der Waals surface area contributed by atoms with E-state index in [4.69, 9.17) is 4.74 Å². The third kappa shape index (κ3) is 1.43. The second-order valence-electron chi connectivity index (χ2n) is 7.74. The molecule has 24 heavy (non-hydrogen) atoms. The normalized spacial score (nSPS) is 42.3. The summed E-state index contributed by atoms with van der Waals surface area (Å²) in [6, 6.07) is 3.62. The lowest BCUT2D eigenvalue weighted by atomic mass is 9.48. The van der Waals surface area contributed by atoms with Crippen molar-refractivity contribution in [3.05, 3.63) is 35.9 Å². The van der Waals surface area contributed by atoms with Crippen molar-refractivity contribution in [1.82, 2.24) is 4.90 Å². The number of phenols is 1. The SMILES string of the molecule is C=CCN1CC[C@]23c4c5ccc(O)c4O[C@H]2[C@@H](O)CC[C@]3(O)C1C5. The average molecular weight is 329 g/mol. The molecular formula is C19H23NO4. The predicted molar refractivity (Wildman–Crippen MR) is 88.3 cm³/mol. The molecule has 2 fully saturated rings. The number of piperidine rings is 1. The highest BCUT2D eigenvalue weighted by atomic mass is 16.5. The second kappa shape index (κ2) is 4.54. The average Bonchev–Trinajstić information content (AvgIpc) is 2.91. The fourth-order valence-corrected chi connectivity index (χ4v) is 5.99. The van der Waals surface area contributed by atoms with Gasteiger partial charge >= 0.3 is 0 Å². The van der Waals surface area contributed by atoms with Crippen LogP contribution in [0.3, 0.4) is 0 Å². The lowest BCUT2D eigenvalue weighted by Crippen LogP contribution is -2.77. The summed E-state index contributed by atoms with van der Waals surface area (Å²) in [4.78, 5) is 2.31. The molecule has 2 heterocycles. The molecule has 5 nitrogen and oxygen atoms in total. The Kier molecular flexibility index (Phi) is 2.79. The molecule has 4 aliphatic rings. The number of ether oxygens (including phenoxy) is 1. The summed E-state index contributed by atoms with van der Waals surface area (Å²) in [7, 11) is 0. The van der Waals surface area contributed by atoms with Crippen LogP contribution in [0.25, 0.3) is 0 Å². The number of aliphatic hydroxyl groups excluding tert-OH is 1. The zero-order valence-electron chi connectivity index (χ0n) is 13.6. The zero-order valence-corrected chi connectivity index (χ0v) is 13.6. The number of rotatable bonds is 2. The Balaban J connectivity index is 1.78. The van der Waals surface area contributed by atoms with Gasteiger partial charge in [0.15, 0.2) is 11.5 Å². The molecule has 2 bridgehead atoms. The number of benzene rings is 1. The Morgan fingerprint density at radius 2 is 2.21 bits per heavy atom. The molecule has 3 N–H and O–H groups in total. The van der Waals surface area contributed by atoms with Gasteiger partial charge in [-0.25, -0.2) is 0 Å². The van der Waals surface area contributed by atoms with E-state index in [9.17, 15) is 15.3 Å². The number of hydrogen-bond donors (Lipinski definition) is 3. The van der Waals surface area contributed by atoms with E-state index in [2.05, 4.69) is 11.5 Å². The van der Waals surface area contributed by atoms with Crippen molar-refractivity contribution in [3.8, 4) is 11.5 Å². The van der Waals surface area contributed by atoms with Crippen molar-refractivity contribution in [2.45, 2.75) is 54.9 Å². The summed E-state index contributed by atoms with van der Waals surface area (Å²) in [6.45, 7) is 5.44. The van der Waals surface area contributed by atoms with Crippen molar-refractivity contribution in [3.63, 3.8) is 0 Å². The monoisotopic (exact) mass is 329 g/mol. The van der Waals surface area contributed by atoms with Crippen molar-refractivity contribution in [2.24, 2.45) is 0 Å². The maximum absolute atomic E-state index is 11.9. The Labute approximate surface area is 141 Å². The summed E-state index contributed by atoms with van der Waals surface area (Å²) in [5, 5.41) is 32.8. The van der Waals surface area contributed by atoms with E-state index in [0.29, 0.717) is 18.6 Å². The van der Waals surface area contributed by atoms with Gasteiger partial charge in [0.05, 0.1) is 17.1 Å². The molecule has 1 aromatic rings. The molecule has 0 amide bonds. The van der Waals surface area contributed by atoms with Gasteiger partial charge in [0, 0.05) is 18.2 Å². The smallest absolute Gasteiger partial charge is 0.165 e. The Bertz CT molecular complexity index is 734. The maximum atomic E-state index is 11.9. The minimum atomic E-state index is -0.940. The van der Waals surface area contributed by atoms with E-state index in [-0.39, 0.29) is 11.8 Å². The molecular weight excluding hydrogens is 306 g/mol. The van der Waals surface area contributed by atoms with Gasteiger partial charge in [0.25, 0.3) is 0 Å². The fraction of sp³-hybridized carbons (Fsp3) is 0.579. The molecule has 0 radical (unpaired) electrons. The van der Waals surface area contributed by atoms with Gasteiger partial charge in [-0.3, -0.25) is 4.90 Å². The number of likely N-dealkylation sites (tertiary alicyclic amines) is 1. The van der Waals surface area contributed by atoms with Crippen molar-refractivity contribution < 1.29 is 20.1 Å². The Morgan fingerprint density at radius 3 is 3.00 bits per heavy atom. The van der Waals surface area contributed by atoms with Crippen LogP contribution < -0.4 is 4.74 Å². The first kappa shape index (κ1) is 14.8. The molecule has 1 saturated carbocycles. The van der Waals surface area contributed by atoms with Crippen LogP contribution in [-0.4, -0.2) is 57.2 Å². The standard InChI is InChI=1S/C19H23NO4/c1-2-8-20-9-7-18-15-11-3-4-12(21)16(15)24-17(18)13(22)5-6-19(18,23)14(20)10-11/h2-4,13-14,17,21-23H,1,5-10H2/t13-,14?,17-,18-,19-/m0/s1. The van der Waals surface area contributed by atoms with E-state index in [1.807, 2.05) is 12.1 Å². The molecule has 0 aromatic heterocycles. The summed E-state index contributed by atoms with van der Waals surface area (Å²) in [6.07, 6.45) is 3.33. The van der Waals surface area contributed by atoms with Crippen molar-refractivity contribution >= 4 is 0 Å². The minimum absolute atomic E-state index is 0.00848. The summed E-state index contributed by atoms with van der Waals surface area (Å²) < 4.78 is 6.08. The molecule has 128 valence electrons. The summed E-state index contributed by atoms with van der Waals surface area (Å²) in [5.74, 6) is 0.589. The van der Waals surface area contributed by atoms with E-state index < -0.39 is 23.2 Å². The van der Waals surface area contributed by atoms with Gasteiger partial charge < -0.3 is 20.1 Å². The first-order valence-electron chi connectivity index (χ1n) is 8.80. The van der Waals surface area contributed by atoms with E-state index in [1.54, 1.807) is 6.07 Å². The Hall–Kier alpha value is -1.56. The van der Waals surface area contributed by atoms with Crippen molar-refractivity contribution in [2.75, 3.05) is 13.1 Å². The Morgan fingerprint density at radius 1 is 1.38 bits per heavy atom. The van der Waals surface area contributed by atoms with Crippen LogP contribution >= 0.6 is 0 Å². The van der Waals surface area contributed by atoms with E-state index in [1.165, 1.54) is 0 Å². The van der Waals surface area contributed by atoms with Crippen LogP contribution in [-0.2, 0) is 11.8 Å². The highest BCUT2D eigenvalue weighted by Gasteiger charge is 2.72. The van der Waals surface area contributed by atoms with Gasteiger partial charge in [0.2, 0.25) is 0 Å². The topological polar surface area (TPSA) is 73.2 Å². The van der Waals surface area contributed by atoms with E-state index >= 15 is 0 Å². The molecule has 5 heteroatoms. The molecule has 2 aliphatic carbocycles. The highest BCUT2D eigenvalue weighted by Crippen LogP contribution is 2.65. The first-order chi connectivity index (χ1) is 11.5. The molecule has 1 spiro atoms. The molecule has 2 aliphatic heterocycles. The zero-order chi connectivity index (χ0) is 16.7. The van der Waals surface area contributed by atoms with Crippen LogP contribution in [0.2, 0.25) is 0 Å². The number of hydrogen-bond acceptors (Lipinski definition) is 5. The molecule has 1 saturated heterocycles. The third-order valence-corrected chi connectivity index (χ3v) is 6.91. The van der Waals surface area contributed by atoms with Gasteiger partial charge in [-0.1, -0.05) is 12.1 Å². The van der Waals surface area contributed by atoms with Crippen LogP contribution in [0, 0.1) is 0 Å². The third-order valence-electron chi connectivity index (χ3n) is 6.91. The molecule has 1 aromatic carbocycles. The molecule has 1 unspecified atom stereocenters. The predicted octanol–water partition coefficient (Wildman–Crippen LogP) is 1.09. The summed E-state index contributed by atoms with van der Waals surface area (Å²) >= 11 is 0. The van der Waals surface area contributed by atoms with Gasteiger partial charge in [-0.05, 0) is 43.9 Å².